The molecule has 1 heterocycles. The number of anilines is 2. The lowest BCUT2D eigenvalue weighted by Gasteiger charge is -2.28. The third kappa shape index (κ3) is 3.12. The third-order valence-corrected chi connectivity index (χ3v) is 3.87. The van der Waals surface area contributed by atoms with Crippen LogP contribution >= 0.6 is 15.9 Å². The van der Waals surface area contributed by atoms with E-state index in [1.165, 1.54) is 19.3 Å². The molecule has 94 valence electrons. The zero-order valence-electron chi connectivity index (χ0n) is 9.88. The topological polar surface area (TPSA) is 29.3 Å². The van der Waals surface area contributed by atoms with E-state index in [2.05, 4.69) is 20.8 Å². The van der Waals surface area contributed by atoms with Crippen LogP contribution in [-0.2, 0) is 0 Å². The van der Waals surface area contributed by atoms with Gasteiger partial charge in [0.05, 0.1) is 15.8 Å². The summed E-state index contributed by atoms with van der Waals surface area (Å²) in [7, 11) is 0. The van der Waals surface area contributed by atoms with E-state index in [0.717, 1.165) is 31.6 Å². The summed E-state index contributed by atoms with van der Waals surface area (Å²) in [5.74, 6) is -0.240. The van der Waals surface area contributed by atoms with Crippen molar-refractivity contribution in [2.45, 2.75) is 32.1 Å². The van der Waals surface area contributed by atoms with Gasteiger partial charge in [-0.3, -0.25) is 0 Å². The smallest absolute Gasteiger partial charge is 0.139 e. The highest BCUT2D eigenvalue weighted by atomic mass is 79.9. The summed E-state index contributed by atoms with van der Waals surface area (Å²) < 4.78 is 14.0. The van der Waals surface area contributed by atoms with Crippen LogP contribution < -0.4 is 10.6 Å². The average molecular weight is 301 g/mol. The van der Waals surface area contributed by atoms with Crippen molar-refractivity contribution in [2.75, 3.05) is 23.7 Å². The number of benzene rings is 1. The molecule has 1 aromatic rings. The van der Waals surface area contributed by atoms with Gasteiger partial charge >= 0.3 is 0 Å². The molecule has 0 aromatic heterocycles. The van der Waals surface area contributed by atoms with Gasteiger partial charge in [-0.25, -0.2) is 4.39 Å². The van der Waals surface area contributed by atoms with Gasteiger partial charge in [-0.2, -0.15) is 0 Å². The van der Waals surface area contributed by atoms with Crippen molar-refractivity contribution in [1.29, 1.82) is 0 Å². The Morgan fingerprint density at radius 2 is 1.65 bits per heavy atom. The summed E-state index contributed by atoms with van der Waals surface area (Å²) in [6, 6.07) is 3.20. The minimum Gasteiger partial charge on any atom is -0.397 e. The molecule has 0 unspecified atom stereocenters. The van der Waals surface area contributed by atoms with Crippen LogP contribution in [0, 0.1) is 5.82 Å². The van der Waals surface area contributed by atoms with Crippen molar-refractivity contribution in [3.8, 4) is 0 Å². The molecule has 1 saturated heterocycles. The van der Waals surface area contributed by atoms with E-state index in [1.54, 1.807) is 12.1 Å². The molecule has 2 N–H and O–H groups in total. The summed E-state index contributed by atoms with van der Waals surface area (Å²) >= 11 is 3.16. The minimum atomic E-state index is -0.240. The summed E-state index contributed by atoms with van der Waals surface area (Å²) in [5.41, 5.74) is 7.46. The molecule has 17 heavy (non-hydrogen) atoms. The van der Waals surface area contributed by atoms with Crippen LogP contribution in [-0.4, -0.2) is 13.1 Å². The normalized spacial score (nSPS) is 17.6. The molecule has 0 radical (unpaired) electrons. The van der Waals surface area contributed by atoms with Crippen molar-refractivity contribution in [1.82, 2.24) is 0 Å². The van der Waals surface area contributed by atoms with Crippen LogP contribution in [0.5, 0.6) is 0 Å². The SMILES string of the molecule is Nc1cc(Br)c(F)cc1N1CCCCCCC1. The number of hydrogen-bond donors (Lipinski definition) is 1. The van der Waals surface area contributed by atoms with Crippen LogP contribution in [0.3, 0.4) is 0 Å². The molecule has 1 aliphatic heterocycles. The molecule has 4 heteroatoms. The number of halogens is 2. The number of hydrogen-bond acceptors (Lipinski definition) is 2. The molecule has 0 amide bonds. The monoisotopic (exact) mass is 300 g/mol. The van der Waals surface area contributed by atoms with E-state index < -0.39 is 0 Å². The molecular weight excluding hydrogens is 283 g/mol. The number of nitrogens with two attached hydrogens (primary N) is 1. The maximum atomic E-state index is 13.6. The van der Waals surface area contributed by atoms with E-state index >= 15 is 0 Å². The molecule has 0 saturated carbocycles. The van der Waals surface area contributed by atoms with E-state index in [1.807, 2.05) is 0 Å². The number of nitrogen functional groups attached to an aromatic ring is 1. The first kappa shape index (κ1) is 12.7. The first-order valence-electron chi connectivity index (χ1n) is 6.18. The van der Waals surface area contributed by atoms with Crippen molar-refractivity contribution in [3.63, 3.8) is 0 Å². The second-order valence-corrected chi connectivity index (χ2v) is 5.43. The Hall–Kier alpha value is -0.770. The highest BCUT2D eigenvalue weighted by molar-refractivity contribution is 9.10. The second kappa shape index (κ2) is 5.71. The third-order valence-electron chi connectivity index (χ3n) is 3.27. The summed E-state index contributed by atoms with van der Waals surface area (Å²) in [5, 5.41) is 0. The van der Waals surface area contributed by atoms with Crippen molar-refractivity contribution < 1.29 is 4.39 Å². The molecule has 1 aromatic carbocycles. The van der Waals surface area contributed by atoms with Gasteiger partial charge < -0.3 is 10.6 Å². The lowest BCUT2D eigenvalue weighted by atomic mass is 10.1. The maximum absolute atomic E-state index is 13.6. The molecule has 0 atom stereocenters. The van der Waals surface area contributed by atoms with Crippen LogP contribution in [0.1, 0.15) is 32.1 Å². The highest BCUT2D eigenvalue weighted by Gasteiger charge is 2.14. The zero-order chi connectivity index (χ0) is 12.3. The Bertz CT molecular complexity index is 387. The fourth-order valence-electron chi connectivity index (χ4n) is 2.31. The lowest BCUT2D eigenvalue weighted by Crippen LogP contribution is -2.27. The number of rotatable bonds is 1. The van der Waals surface area contributed by atoms with Crippen LogP contribution in [0.4, 0.5) is 15.8 Å². The summed E-state index contributed by atoms with van der Waals surface area (Å²) in [4.78, 5) is 2.21. The van der Waals surface area contributed by atoms with E-state index in [4.69, 9.17) is 5.73 Å². The van der Waals surface area contributed by atoms with Gasteiger partial charge in [-0.15, -0.1) is 0 Å². The second-order valence-electron chi connectivity index (χ2n) is 4.58. The predicted molar refractivity (Wildman–Crippen MR) is 73.8 cm³/mol. The average Bonchev–Trinajstić information content (AvgIpc) is 2.24. The fraction of sp³-hybridized carbons (Fsp3) is 0.538. The lowest BCUT2D eigenvalue weighted by molar-refractivity contribution is 0.555. The number of nitrogens with zero attached hydrogens (tertiary/aromatic N) is 1. The zero-order valence-corrected chi connectivity index (χ0v) is 11.5. The first-order valence-corrected chi connectivity index (χ1v) is 6.97. The van der Waals surface area contributed by atoms with Gasteiger partial charge in [0.15, 0.2) is 0 Å². The predicted octanol–water partition coefficient (Wildman–Crippen LogP) is 3.94. The standard InChI is InChI=1S/C13H18BrFN2/c14-10-8-12(16)13(9-11(10)15)17-6-4-2-1-3-5-7-17/h8-9H,1-7,16H2. The Kier molecular flexibility index (Phi) is 4.26. The van der Waals surface area contributed by atoms with E-state index in [-0.39, 0.29) is 5.82 Å². The summed E-state index contributed by atoms with van der Waals surface area (Å²) in [6.45, 7) is 1.95. The van der Waals surface area contributed by atoms with E-state index in [0.29, 0.717) is 10.2 Å². The largest absolute Gasteiger partial charge is 0.397 e. The molecule has 2 rings (SSSR count). The van der Waals surface area contributed by atoms with Crippen molar-refractivity contribution >= 4 is 27.3 Å². The molecule has 0 bridgehead atoms. The van der Waals surface area contributed by atoms with Gasteiger partial charge in [0.1, 0.15) is 5.82 Å². The van der Waals surface area contributed by atoms with Gasteiger partial charge in [-0.1, -0.05) is 19.3 Å². The molecule has 0 aliphatic carbocycles. The molecule has 2 nitrogen and oxygen atoms in total. The van der Waals surface area contributed by atoms with Gasteiger partial charge in [0.25, 0.3) is 0 Å². The van der Waals surface area contributed by atoms with Crippen LogP contribution in [0.15, 0.2) is 16.6 Å². The Balaban J connectivity index is 2.21. The molecule has 1 aliphatic rings. The first-order chi connectivity index (χ1) is 8.18. The van der Waals surface area contributed by atoms with Crippen molar-refractivity contribution in [2.24, 2.45) is 0 Å². The molecule has 0 spiro atoms. The fourth-order valence-corrected chi connectivity index (χ4v) is 2.68. The maximum Gasteiger partial charge on any atom is 0.139 e. The van der Waals surface area contributed by atoms with Gasteiger partial charge in [-0.05, 0) is 34.8 Å². The van der Waals surface area contributed by atoms with Crippen LogP contribution in [0.25, 0.3) is 0 Å². The van der Waals surface area contributed by atoms with Crippen LogP contribution in [0.2, 0.25) is 0 Å². The van der Waals surface area contributed by atoms with Gasteiger partial charge in [0, 0.05) is 19.2 Å². The Morgan fingerprint density at radius 3 is 2.29 bits per heavy atom. The molecular formula is C13H18BrFN2. The van der Waals surface area contributed by atoms with Crippen molar-refractivity contribution in [3.05, 3.63) is 22.4 Å². The quantitative estimate of drug-likeness (QED) is 0.796. The Labute approximate surface area is 110 Å². The van der Waals surface area contributed by atoms with E-state index in [9.17, 15) is 4.39 Å². The minimum absolute atomic E-state index is 0.240. The highest BCUT2D eigenvalue weighted by Crippen LogP contribution is 2.30. The summed E-state index contributed by atoms with van der Waals surface area (Å²) in [6.07, 6.45) is 6.16. The Morgan fingerprint density at radius 1 is 1.06 bits per heavy atom. The molecule has 1 fully saturated rings. The van der Waals surface area contributed by atoms with Gasteiger partial charge in [0.2, 0.25) is 0 Å².